The van der Waals surface area contributed by atoms with E-state index in [4.69, 9.17) is 0 Å². The van der Waals surface area contributed by atoms with Gasteiger partial charge in [-0.15, -0.1) is 0 Å². The lowest BCUT2D eigenvalue weighted by atomic mass is 9.95. The van der Waals surface area contributed by atoms with Gasteiger partial charge in [-0.05, 0) is 26.2 Å². The molecule has 0 spiro atoms. The molecule has 0 amide bonds. The number of piperidine rings is 1. The van der Waals surface area contributed by atoms with Gasteiger partial charge in [0.15, 0.2) is 0 Å². The summed E-state index contributed by atoms with van der Waals surface area (Å²) in [4.78, 5) is 0. The Morgan fingerprint density at radius 2 is 2.00 bits per heavy atom. The Bertz CT molecular complexity index is 122. The van der Waals surface area contributed by atoms with E-state index in [-0.39, 0.29) is 0 Å². The average Bonchev–Trinajstić information content (AvgIpc) is 2.13. The maximum atomic E-state index is 3.69. The van der Waals surface area contributed by atoms with Gasteiger partial charge in [-0.2, -0.15) is 0 Å². The lowest BCUT2D eigenvalue weighted by Gasteiger charge is -2.28. The summed E-state index contributed by atoms with van der Waals surface area (Å²) in [6.07, 6.45) is 11.3. The first-order chi connectivity index (χ1) is 6.33. The molecular formula is C12H25N. The molecule has 1 saturated heterocycles. The largest absolute Gasteiger partial charge is 0.312 e. The third-order valence-electron chi connectivity index (χ3n) is 3.12. The molecule has 1 nitrogen and oxygen atoms in total. The van der Waals surface area contributed by atoms with Crippen molar-refractivity contribution in [2.24, 2.45) is 0 Å². The molecule has 13 heavy (non-hydrogen) atoms. The Balaban J connectivity index is 2.00. The molecule has 0 aromatic rings. The van der Waals surface area contributed by atoms with Crippen molar-refractivity contribution in [3.8, 4) is 0 Å². The summed E-state index contributed by atoms with van der Waals surface area (Å²) < 4.78 is 0. The minimum Gasteiger partial charge on any atom is -0.312 e. The van der Waals surface area contributed by atoms with Crippen molar-refractivity contribution in [3.63, 3.8) is 0 Å². The molecule has 0 aliphatic carbocycles. The van der Waals surface area contributed by atoms with Gasteiger partial charge >= 0.3 is 0 Å². The monoisotopic (exact) mass is 183 g/mol. The summed E-state index contributed by atoms with van der Waals surface area (Å²) in [6.45, 7) is 4.60. The summed E-state index contributed by atoms with van der Waals surface area (Å²) in [5, 5.41) is 3.69. The highest BCUT2D eigenvalue weighted by atomic mass is 15.0. The minimum atomic E-state index is 0.768. The van der Waals surface area contributed by atoms with E-state index in [9.17, 15) is 0 Å². The van der Waals surface area contributed by atoms with Crippen molar-refractivity contribution in [2.45, 2.75) is 77.3 Å². The van der Waals surface area contributed by atoms with Crippen LogP contribution >= 0.6 is 0 Å². The Morgan fingerprint density at radius 1 is 1.15 bits per heavy atom. The van der Waals surface area contributed by atoms with Crippen LogP contribution in [0.2, 0.25) is 0 Å². The van der Waals surface area contributed by atoms with Crippen molar-refractivity contribution >= 4 is 0 Å². The number of hydrogen-bond donors (Lipinski definition) is 1. The van der Waals surface area contributed by atoms with Gasteiger partial charge in [-0.25, -0.2) is 0 Å². The molecule has 0 bridgehead atoms. The molecule has 2 atom stereocenters. The molecule has 0 radical (unpaired) electrons. The minimum absolute atomic E-state index is 0.768. The van der Waals surface area contributed by atoms with E-state index >= 15 is 0 Å². The predicted molar refractivity (Wildman–Crippen MR) is 59.0 cm³/mol. The van der Waals surface area contributed by atoms with Crippen molar-refractivity contribution in [1.82, 2.24) is 5.32 Å². The maximum absolute atomic E-state index is 3.69. The summed E-state index contributed by atoms with van der Waals surface area (Å²) in [5.74, 6) is 0. The van der Waals surface area contributed by atoms with Crippen LogP contribution in [0.25, 0.3) is 0 Å². The van der Waals surface area contributed by atoms with Crippen molar-refractivity contribution in [1.29, 1.82) is 0 Å². The quantitative estimate of drug-likeness (QED) is 0.643. The van der Waals surface area contributed by atoms with Crippen LogP contribution in [0.1, 0.15) is 65.2 Å². The molecule has 0 unspecified atom stereocenters. The van der Waals surface area contributed by atoms with Crippen LogP contribution in [-0.2, 0) is 0 Å². The van der Waals surface area contributed by atoms with Crippen molar-refractivity contribution in [3.05, 3.63) is 0 Å². The van der Waals surface area contributed by atoms with Gasteiger partial charge in [0, 0.05) is 12.1 Å². The maximum Gasteiger partial charge on any atom is 0.00695 e. The second-order valence-electron chi connectivity index (χ2n) is 4.54. The summed E-state index contributed by atoms with van der Waals surface area (Å²) in [7, 11) is 0. The summed E-state index contributed by atoms with van der Waals surface area (Å²) in [5.41, 5.74) is 0. The Kier molecular flexibility index (Phi) is 5.45. The highest BCUT2D eigenvalue weighted by molar-refractivity contribution is 4.77. The van der Waals surface area contributed by atoms with E-state index < -0.39 is 0 Å². The molecule has 0 saturated carbocycles. The molecule has 1 aliphatic heterocycles. The van der Waals surface area contributed by atoms with Crippen molar-refractivity contribution < 1.29 is 0 Å². The average molecular weight is 183 g/mol. The molecule has 1 heteroatoms. The zero-order valence-corrected chi connectivity index (χ0v) is 9.31. The molecule has 0 aromatic carbocycles. The van der Waals surface area contributed by atoms with E-state index in [2.05, 4.69) is 19.2 Å². The third-order valence-corrected chi connectivity index (χ3v) is 3.12. The first kappa shape index (κ1) is 11.0. The van der Waals surface area contributed by atoms with Gasteiger partial charge < -0.3 is 5.32 Å². The normalized spacial score (nSPS) is 29.1. The number of hydrogen-bond acceptors (Lipinski definition) is 1. The first-order valence-corrected chi connectivity index (χ1v) is 6.09. The van der Waals surface area contributed by atoms with E-state index in [1.165, 1.54) is 51.4 Å². The smallest absolute Gasteiger partial charge is 0.00695 e. The highest BCUT2D eigenvalue weighted by Gasteiger charge is 2.16. The van der Waals surface area contributed by atoms with Crippen LogP contribution in [0.15, 0.2) is 0 Å². The van der Waals surface area contributed by atoms with Gasteiger partial charge in [-0.3, -0.25) is 0 Å². The topological polar surface area (TPSA) is 12.0 Å². The Morgan fingerprint density at radius 3 is 2.69 bits per heavy atom. The molecule has 1 rings (SSSR count). The van der Waals surface area contributed by atoms with Gasteiger partial charge in [0.05, 0.1) is 0 Å². The van der Waals surface area contributed by atoms with Crippen LogP contribution in [0, 0.1) is 0 Å². The Hall–Kier alpha value is -0.0400. The van der Waals surface area contributed by atoms with Gasteiger partial charge in [0.25, 0.3) is 0 Å². The number of unbranched alkanes of at least 4 members (excludes halogenated alkanes) is 3. The van der Waals surface area contributed by atoms with Crippen LogP contribution in [0.4, 0.5) is 0 Å². The Labute approximate surface area is 83.3 Å². The van der Waals surface area contributed by atoms with Crippen LogP contribution < -0.4 is 5.32 Å². The van der Waals surface area contributed by atoms with Gasteiger partial charge in [0.1, 0.15) is 0 Å². The standard InChI is InChI=1S/C12H25N/c1-3-4-5-6-9-12-10-7-8-11(2)13-12/h11-13H,3-10H2,1-2H3/t11-,12-/m0/s1. The van der Waals surface area contributed by atoms with Crippen LogP contribution in [0.3, 0.4) is 0 Å². The van der Waals surface area contributed by atoms with E-state index in [0.29, 0.717) is 0 Å². The molecule has 78 valence electrons. The molecule has 1 aliphatic rings. The lowest BCUT2D eigenvalue weighted by molar-refractivity contribution is 0.315. The van der Waals surface area contributed by atoms with Crippen LogP contribution in [-0.4, -0.2) is 12.1 Å². The molecule has 1 fully saturated rings. The van der Waals surface area contributed by atoms with E-state index in [0.717, 1.165) is 12.1 Å². The fourth-order valence-corrected chi connectivity index (χ4v) is 2.28. The zero-order chi connectivity index (χ0) is 9.52. The first-order valence-electron chi connectivity index (χ1n) is 6.09. The lowest BCUT2D eigenvalue weighted by Crippen LogP contribution is -2.40. The molecule has 1 heterocycles. The summed E-state index contributed by atoms with van der Waals surface area (Å²) in [6, 6.07) is 1.60. The van der Waals surface area contributed by atoms with E-state index in [1.54, 1.807) is 0 Å². The van der Waals surface area contributed by atoms with Crippen molar-refractivity contribution in [2.75, 3.05) is 0 Å². The van der Waals surface area contributed by atoms with Gasteiger partial charge in [-0.1, -0.05) is 39.0 Å². The second-order valence-corrected chi connectivity index (χ2v) is 4.54. The second kappa shape index (κ2) is 6.42. The predicted octanol–water partition coefficient (Wildman–Crippen LogP) is 3.49. The summed E-state index contributed by atoms with van der Waals surface area (Å²) >= 11 is 0. The number of nitrogens with one attached hydrogen (secondary N) is 1. The highest BCUT2D eigenvalue weighted by Crippen LogP contribution is 2.17. The molecule has 0 aromatic heterocycles. The van der Waals surface area contributed by atoms with E-state index in [1.807, 2.05) is 0 Å². The molecular weight excluding hydrogens is 158 g/mol. The molecule has 1 N–H and O–H groups in total. The fraction of sp³-hybridized carbons (Fsp3) is 1.00. The zero-order valence-electron chi connectivity index (χ0n) is 9.31. The SMILES string of the molecule is CCCCCC[C@H]1CCC[C@H](C)N1. The fourth-order valence-electron chi connectivity index (χ4n) is 2.28. The number of rotatable bonds is 5. The third kappa shape index (κ3) is 4.66. The van der Waals surface area contributed by atoms with Crippen LogP contribution in [0.5, 0.6) is 0 Å². The van der Waals surface area contributed by atoms with Gasteiger partial charge in [0.2, 0.25) is 0 Å².